The topological polar surface area (TPSA) is 92.4 Å². The van der Waals surface area contributed by atoms with Gasteiger partial charge in [0.15, 0.2) is 0 Å². The van der Waals surface area contributed by atoms with Crippen LogP contribution in [0.4, 0.5) is 17.1 Å². The summed E-state index contributed by atoms with van der Waals surface area (Å²) in [6.45, 7) is 7.01. The maximum atomic E-state index is 13.3. The molecule has 1 aliphatic rings. The van der Waals surface area contributed by atoms with Crippen molar-refractivity contribution in [2.45, 2.75) is 20.0 Å². The maximum absolute atomic E-state index is 13.3. The van der Waals surface area contributed by atoms with Crippen LogP contribution in [0.5, 0.6) is 5.75 Å². The summed E-state index contributed by atoms with van der Waals surface area (Å²) in [6.07, 6.45) is 0.724. The minimum Gasteiger partial charge on any atom is -0.495 e. The van der Waals surface area contributed by atoms with Crippen molar-refractivity contribution in [3.63, 3.8) is 0 Å². The van der Waals surface area contributed by atoms with Crippen LogP contribution in [-0.4, -0.2) is 71.5 Å². The van der Waals surface area contributed by atoms with E-state index in [0.717, 1.165) is 55.3 Å². The van der Waals surface area contributed by atoms with Gasteiger partial charge in [-0.15, -0.1) is 0 Å². The lowest BCUT2D eigenvalue weighted by atomic mass is 10.1. The Morgan fingerprint density at radius 1 is 0.854 bits per heavy atom. The molecule has 0 saturated carbocycles. The Hall–Kier alpha value is -4.08. The normalized spacial score (nSPS) is 13.1. The van der Waals surface area contributed by atoms with Gasteiger partial charge in [-0.25, -0.2) is 0 Å². The molecule has 0 aliphatic carbocycles. The van der Waals surface area contributed by atoms with E-state index in [4.69, 9.17) is 14.2 Å². The van der Waals surface area contributed by atoms with Crippen molar-refractivity contribution in [2.75, 3.05) is 74.8 Å². The van der Waals surface area contributed by atoms with E-state index in [1.807, 2.05) is 67.6 Å². The highest BCUT2D eigenvalue weighted by Crippen LogP contribution is 2.31. The van der Waals surface area contributed by atoms with Crippen molar-refractivity contribution in [3.05, 3.63) is 83.9 Å². The molecule has 218 valence electrons. The Morgan fingerprint density at radius 2 is 1.56 bits per heavy atom. The third-order valence-electron chi connectivity index (χ3n) is 6.87. The van der Waals surface area contributed by atoms with Crippen LogP contribution in [0.15, 0.2) is 72.8 Å². The van der Waals surface area contributed by atoms with Crippen LogP contribution >= 0.6 is 0 Å². The first-order valence-corrected chi connectivity index (χ1v) is 14.1. The molecule has 2 N–H and O–H groups in total. The zero-order chi connectivity index (χ0) is 28.9. The summed E-state index contributed by atoms with van der Waals surface area (Å²) in [7, 11) is 1.68. The first-order valence-electron chi connectivity index (χ1n) is 14.1. The van der Waals surface area contributed by atoms with Crippen molar-refractivity contribution in [2.24, 2.45) is 0 Å². The average molecular weight is 561 g/mol. The van der Waals surface area contributed by atoms with Gasteiger partial charge in [0, 0.05) is 57.3 Å². The number of piperazine rings is 1. The molecule has 0 unspecified atom stereocenters. The molecule has 9 heteroatoms. The van der Waals surface area contributed by atoms with Crippen LogP contribution in [0, 0.1) is 0 Å². The van der Waals surface area contributed by atoms with E-state index < -0.39 is 0 Å². The van der Waals surface area contributed by atoms with Crippen LogP contribution < -0.4 is 25.2 Å². The van der Waals surface area contributed by atoms with Gasteiger partial charge in [-0.2, -0.15) is 0 Å². The zero-order valence-electron chi connectivity index (χ0n) is 23.9. The Balaban J connectivity index is 1.42. The molecular formula is C32H40N4O5. The molecule has 41 heavy (non-hydrogen) atoms. The molecule has 1 saturated heterocycles. The Morgan fingerprint density at radius 3 is 2.29 bits per heavy atom. The Bertz CT molecular complexity index is 1260. The van der Waals surface area contributed by atoms with E-state index in [0.29, 0.717) is 37.6 Å². The van der Waals surface area contributed by atoms with Crippen molar-refractivity contribution >= 4 is 28.9 Å². The zero-order valence-corrected chi connectivity index (χ0v) is 23.9. The lowest BCUT2D eigenvalue weighted by molar-refractivity contribution is -0.121. The third kappa shape index (κ3) is 8.70. The molecule has 4 rings (SSSR count). The van der Waals surface area contributed by atoms with Gasteiger partial charge < -0.3 is 34.6 Å². The van der Waals surface area contributed by atoms with Crippen LogP contribution in [0.2, 0.25) is 0 Å². The number of rotatable bonds is 14. The number of methoxy groups -OCH3 is 1. The number of benzene rings is 3. The van der Waals surface area contributed by atoms with E-state index in [1.54, 1.807) is 13.2 Å². The number of carbonyl (C=O) groups excluding carboxylic acids is 2. The monoisotopic (exact) mass is 560 g/mol. The molecule has 1 aliphatic heterocycles. The molecular weight excluding hydrogens is 520 g/mol. The molecule has 3 aromatic rings. The second-order valence-corrected chi connectivity index (χ2v) is 9.71. The maximum Gasteiger partial charge on any atom is 0.253 e. The predicted molar refractivity (Wildman–Crippen MR) is 162 cm³/mol. The second-order valence-electron chi connectivity index (χ2n) is 9.71. The van der Waals surface area contributed by atoms with E-state index in [9.17, 15) is 9.59 Å². The Labute approximate surface area is 242 Å². The van der Waals surface area contributed by atoms with Crippen molar-refractivity contribution in [3.8, 4) is 5.75 Å². The van der Waals surface area contributed by atoms with Crippen molar-refractivity contribution in [1.82, 2.24) is 5.32 Å². The number of ether oxygens (including phenoxy) is 3. The number of hydrogen-bond acceptors (Lipinski definition) is 7. The molecule has 1 fully saturated rings. The molecule has 0 aromatic heterocycles. The first-order chi connectivity index (χ1) is 20.1. The molecule has 3 aromatic carbocycles. The number of carbonyl (C=O) groups is 2. The number of amides is 2. The largest absolute Gasteiger partial charge is 0.495 e. The van der Waals surface area contributed by atoms with E-state index in [-0.39, 0.29) is 18.4 Å². The predicted octanol–water partition coefficient (Wildman–Crippen LogP) is 4.33. The van der Waals surface area contributed by atoms with Gasteiger partial charge in [0.1, 0.15) is 12.4 Å². The summed E-state index contributed by atoms with van der Waals surface area (Å²) in [5, 5.41) is 5.88. The highest BCUT2D eigenvalue weighted by atomic mass is 16.5. The summed E-state index contributed by atoms with van der Waals surface area (Å²) in [4.78, 5) is 30.4. The summed E-state index contributed by atoms with van der Waals surface area (Å²) in [5.74, 6) is 0.392. The summed E-state index contributed by atoms with van der Waals surface area (Å²) < 4.78 is 16.5. The quantitative estimate of drug-likeness (QED) is 0.284. The van der Waals surface area contributed by atoms with Crippen LogP contribution in [0.3, 0.4) is 0 Å². The molecule has 2 amide bonds. The lowest BCUT2D eigenvalue weighted by Crippen LogP contribution is -2.47. The number of nitrogens with one attached hydrogen (secondary N) is 2. The lowest BCUT2D eigenvalue weighted by Gasteiger charge is -2.38. The van der Waals surface area contributed by atoms with Gasteiger partial charge in [-0.05, 0) is 49.2 Å². The molecule has 1 heterocycles. The average Bonchev–Trinajstić information content (AvgIpc) is 3.01. The molecule has 9 nitrogen and oxygen atoms in total. The van der Waals surface area contributed by atoms with Crippen molar-refractivity contribution < 1.29 is 23.8 Å². The molecule has 0 bridgehead atoms. The minimum absolute atomic E-state index is 0.0828. The van der Waals surface area contributed by atoms with Crippen molar-refractivity contribution in [1.29, 1.82) is 0 Å². The number of hydrogen-bond donors (Lipinski definition) is 2. The van der Waals surface area contributed by atoms with E-state index in [2.05, 4.69) is 26.5 Å². The first kappa shape index (κ1) is 29.9. The highest BCUT2D eigenvalue weighted by molar-refractivity contribution is 6.02. The minimum atomic E-state index is -0.276. The van der Waals surface area contributed by atoms with E-state index in [1.165, 1.54) is 0 Å². The van der Waals surface area contributed by atoms with Crippen LogP contribution in [-0.2, 0) is 20.9 Å². The fraction of sp³-hybridized carbons (Fsp3) is 0.375. The fourth-order valence-electron chi connectivity index (χ4n) is 4.80. The summed E-state index contributed by atoms with van der Waals surface area (Å²) >= 11 is 0. The molecule has 0 radical (unpaired) electrons. The smallest absolute Gasteiger partial charge is 0.253 e. The Kier molecular flexibility index (Phi) is 11.4. The summed E-state index contributed by atoms with van der Waals surface area (Å²) in [5.41, 5.74) is 3.97. The highest BCUT2D eigenvalue weighted by Gasteiger charge is 2.24. The second kappa shape index (κ2) is 15.6. The third-order valence-corrected chi connectivity index (χ3v) is 6.87. The standard InChI is InChI=1S/C32H40N4O5/c1-3-40-21-9-16-33-32(38)27-22-26(34-31(37)24-41-23-25-10-5-4-6-11-25)14-15-28(27)35-17-19-36(20-18-35)29-12-7-8-13-30(29)39-2/h4-8,10-15,22H,3,9,16-21,23-24H2,1-2H3,(H,33,38)(H,34,37). The van der Waals surface area contributed by atoms with E-state index >= 15 is 0 Å². The van der Waals surface area contributed by atoms with Gasteiger partial charge in [-0.3, -0.25) is 9.59 Å². The fourth-order valence-corrected chi connectivity index (χ4v) is 4.80. The van der Waals surface area contributed by atoms with Gasteiger partial charge in [-0.1, -0.05) is 42.5 Å². The van der Waals surface area contributed by atoms with Gasteiger partial charge >= 0.3 is 0 Å². The van der Waals surface area contributed by atoms with Crippen LogP contribution in [0.1, 0.15) is 29.3 Å². The van der Waals surface area contributed by atoms with Gasteiger partial charge in [0.2, 0.25) is 5.91 Å². The molecule has 0 spiro atoms. The summed E-state index contributed by atoms with van der Waals surface area (Å²) in [6, 6.07) is 23.2. The van der Waals surface area contributed by atoms with Gasteiger partial charge in [0.25, 0.3) is 5.91 Å². The number of nitrogens with zero attached hydrogens (tertiary/aromatic N) is 2. The number of anilines is 3. The van der Waals surface area contributed by atoms with Gasteiger partial charge in [0.05, 0.1) is 25.0 Å². The SMILES string of the molecule is CCOCCCNC(=O)c1cc(NC(=O)COCc2ccccc2)ccc1N1CCN(c2ccccc2OC)CC1. The number of para-hydroxylation sites is 2. The molecule has 0 atom stereocenters. The van der Waals surface area contributed by atoms with Crippen LogP contribution in [0.25, 0.3) is 0 Å².